The minimum Gasteiger partial charge on any atom is -0.394 e. The van der Waals surface area contributed by atoms with Gasteiger partial charge in [0.2, 0.25) is 0 Å². The fourth-order valence-electron chi connectivity index (χ4n) is 3.49. The summed E-state index contributed by atoms with van der Waals surface area (Å²) in [5.41, 5.74) is 0.588. The second-order valence-electron chi connectivity index (χ2n) is 10.1. The predicted octanol–water partition coefficient (Wildman–Crippen LogP) is 4.54. The second-order valence-corrected chi connectivity index (χ2v) is 15.6. The number of hydrogen-bond donors (Lipinski definition) is 4. The van der Waals surface area contributed by atoms with Gasteiger partial charge in [0.15, 0.2) is 0 Å². The number of aromatic nitrogens is 3. The van der Waals surface area contributed by atoms with Crippen LogP contribution in [0, 0.1) is 11.8 Å². The van der Waals surface area contributed by atoms with Crippen molar-refractivity contribution in [3.8, 4) is 11.8 Å². The number of halogens is 3. The number of H-pyrrole nitrogens is 2. The Labute approximate surface area is 244 Å². The number of carbonyl (C=O) groups excluding carboxylic acids is 1. The highest BCUT2D eigenvalue weighted by Crippen LogP contribution is 2.41. The lowest BCUT2D eigenvalue weighted by molar-refractivity contribution is -0.174. The van der Waals surface area contributed by atoms with E-state index in [1.807, 2.05) is 5.32 Å². The smallest absolute Gasteiger partial charge is 0.394 e. The molecule has 1 amide bonds. The van der Waals surface area contributed by atoms with Crippen molar-refractivity contribution in [2.75, 3.05) is 19.2 Å². The number of carbonyl (C=O) groups is 1. The van der Waals surface area contributed by atoms with Crippen LogP contribution in [0.4, 0.5) is 13.2 Å². The molecule has 0 saturated carbocycles. The third-order valence-electron chi connectivity index (χ3n) is 5.14. The number of aliphatic hydroxyl groups excluding tert-OH is 1. The minimum atomic E-state index is -4.95. The van der Waals surface area contributed by atoms with Gasteiger partial charge in [-0.2, -0.15) is 13.2 Å². The molecule has 0 radical (unpaired) electrons. The lowest BCUT2D eigenvalue weighted by Crippen LogP contribution is -2.46. The first kappa shape index (κ1) is 33.1. The molecule has 3 heterocycles. The van der Waals surface area contributed by atoms with Crippen LogP contribution in [0.15, 0.2) is 11.0 Å². The number of alkyl halides is 3. The molecule has 0 aliphatic carbocycles. The predicted molar refractivity (Wildman–Crippen MR) is 153 cm³/mol. The summed E-state index contributed by atoms with van der Waals surface area (Å²) in [5.74, 6) is 3.85. The average Bonchev–Trinajstić information content (AvgIpc) is 3.52. The van der Waals surface area contributed by atoms with Crippen molar-refractivity contribution in [3.05, 3.63) is 22.1 Å². The van der Waals surface area contributed by atoms with Crippen molar-refractivity contribution in [1.29, 1.82) is 0 Å². The number of fused-ring (bicyclic) bond motifs is 1. The number of hydrogen-bond acceptors (Lipinski definition) is 10. The number of ether oxygens (including phenoxy) is 2. The highest BCUT2D eigenvalue weighted by atomic mass is 33.1. The van der Waals surface area contributed by atoms with Gasteiger partial charge in [0.25, 0.3) is 5.56 Å². The van der Waals surface area contributed by atoms with Crippen LogP contribution in [-0.2, 0) is 18.5 Å². The normalized spacial score (nSPS) is 20.1. The lowest BCUT2D eigenvalue weighted by Gasteiger charge is -2.25. The molecular weight excluding hydrogens is 614 g/mol. The number of nitrogens with zero attached hydrogens (tertiary/aromatic N) is 1. The van der Waals surface area contributed by atoms with Crippen molar-refractivity contribution in [2.45, 2.75) is 75.3 Å². The molecule has 3 atom stereocenters. The zero-order valence-electron chi connectivity index (χ0n) is 22.3. The lowest BCUT2D eigenvalue weighted by atomic mass is 10.2. The zero-order chi connectivity index (χ0) is 29.7. The summed E-state index contributed by atoms with van der Waals surface area (Å²) in [4.78, 5) is 22.4. The van der Waals surface area contributed by atoms with Crippen LogP contribution in [0.3, 0.4) is 0 Å². The van der Waals surface area contributed by atoms with Crippen molar-refractivity contribution in [1.82, 2.24) is 20.1 Å². The first-order valence-corrected chi connectivity index (χ1v) is 16.4. The highest BCUT2D eigenvalue weighted by Gasteiger charge is 2.41. The van der Waals surface area contributed by atoms with Gasteiger partial charge in [0.1, 0.15) is 42.0 Å². The molecule has 1 fully saturated rings. The van der Waals surface area contributed by atoms with E-state index in [0.29, 0.717) is 23.0 Å². The van der Waals surface area contributed by atoms with Crippen LogP contribution in [0.1, 0.15) is 52.8 Å². The third kappa shape index (κ3) is 9.31. The Kier molecular flexibility index (Phi) is 11.4. The first-order valence-electron chi connectivity index (χ1n) is 12.0. The van der Waals surface area contributed by atoms with Gasteiger partial charge in [0.05, 0.1) is 28.1 Å². The van der Waals surface area contributed by atoms with E-state index in [-0.39, 0.29) is 35.6 Å². The number of nitrogens with one attached hydrogen (secondary N) is 3. The maximum absolute atomic E-state index is 12.5. The van der Waals surface area contributed by atoms with Gasteiger partial charge in [-0.15, -0.1) is 0 Å². The van der Waals surface area contributed by atoms with E-state index in [9.17, 15) is 27.9 Å². The molecule has 0 spiro atoms. The minimum absolute atomic E-state index is 0.00297. The summed E-state index contributed by atoms with van der Waals surface area (Å²) in [6, 6.07) is 0. The zero-order valence-corrected chi connectivity index (χ0v) is 25.6. The van der Waals surface area contributed by atoms with Gasteiger partial charge in [-0.3, -0.25) is 24.0 Å². The fraction of sp³-hybridized carbons (Fsp3) is 0.652. The van der Waals surface area contributed by atoms with Crippen LogP contribution < -0.4 is 10.9 Å². The average molecular weight is 645 g/mol. The Morgan fingerprint density at radius 1 is 1.25 bits per heavy atom. The van der Waals surface area contributed by atoms with Gasteiger partial charge in [-0.05, 0) is 13.8 Å². The largest absolute Gasteiger partial charge is 0.471 e. The van der Waals surface area contributed by atoms with Gasteiger partial charge in [-0.1, -0.05) is 65.0 Å². The molecule has 1 aliphatic rings. The van der Waals surface area contributed by atoms with Crippen LogP contribution in [0.5, 0.6) is 0 Å². The SMILES string of the molecule is CC(C)(C)SSOC1C[C@H](n2cc(C#CCOCSSC(C)(C)NC(=O)C(F)(F)F)c3c(=O)[nH][nH]c32)O[C@@H]1CO. The van der Waals surface area contributed by atoms with E-state index < -0.39 is 29.3 Å². The molecule has 40 heavy (non-hydrogen) atoms. The molecule has 10 nitrogen and oxygen atoms in total. The standard InChI is InChI=1S/C23H31F3N4O6S4/c1-21(2,3)38-40-36-14-9-16(35-15(14)11-31)30-10-13(17-18(30)28-29-19(17)32)7-6-8-34-12-37-39-22(4,5)27-20(33)23(24,25)26/h10,14-16,31H,8-9,11-12H2,1-5H3,(H,27,33)(H2,28,29,32)/t14?,15-,16-/m1/s1. The van der Waals surface area contributed by atoms with Crippen LogP contribution in [0.25, 0.3) is 11.0 Å². The van der Waals surface area contributed by atoms with Crippen molar-refractivity contribution < 1.29 is 36.7 Å². The van der Waals surface area contributed by atoms with Crippen molar-refractivity contribution >= 4 is 60.4 Å². The number of aliphatic hydroxyl groups is 1. The van der Waals surface area contributed by atoms with E-state index in [1.165, 1.54) is 24.9 Å². The van der Waals surface area contributed by atoms with Gasteiger partial charge >= 0.3 is 12.1 Å². The Bertz CT molecular complexity index is 1280. The summed E-state index contributed by atoms with van der Waals surface area (Å²) >= 11 is 1.26. The maximum Gasteiger partial charge on any atom is 0.471 e. The molecular formula is C23H31F3N4O6S4. The Morgan fingerprint density at radius 2 is 1.98 bits per heavy atom. The molecule has 17 heteroatoms. The molecule has 4 N–H and O–H groups in total. The van der Waals surface area contributed by atoms with Gasteiger partial charge in [0, 0.05) is 17.4 Å². The van der Waals surface area contributed by atoms with Gasteiger partial charge < -0.3 is 24.5 Å². The second kappa shape index (κ2) is 13.7. The monoisotopic (exact) mass is 644 g/mol. The summed E-state index contributed by atoms with van der Waals surface area (Å²) in [6.45, 7) is 8.89. The van der Waals surface area contributed by atoms with Crippen molar-refractivity contribution in [2.24, 2.45) is 0 Å². The number of amides is 1. The molecule has 3 rings (SSSR count). The summed E-state index contributed by atoms with van der Waals surface area (Å²) in [5, 5.41) is 17.5. The van der Waals surface area contributed by atoms with Gasteiger partial charge in [-0.25, -0.2) is 0 Å². The van der Waals surface area contributed by atoms with Crippen molar-refractivity contribution in [3.63, 3.8) is 0 Å². The van der Waals surface area contributed by atoms with E-state index in [2.05, 4.69) is 42.8 Å². The maximum atomic E-state index is 12.5. The highest BCUT2D eigenvalue weighted by molar-refractivity contribution is 8.77. The molecule has 0 aromatic carbocycles. The molecule has 224 valence electrons. The van der Waals surface area contributed by atoms with Crippen LogP contribution in [-0.4, -0.2) is 72.9 Å². The molecule has 1 aliphatic heterocycles. The Hall–Kier alpha value is -1.39. The topological polar surface area (TPSA) is 131 Å². The molecule has 1 unspecified atom stereocenters. The summed E-state index contributed by atoms with van der Waals surface area (Å²) in [6.07, 6.45) is -4.21. The number of rotatable bonds is 11. The Morgan fingerprint density at radius 3 is 2.62 bits per heavy atom. The Balaban J connectivity index is 1.57. The molecule has 2 aromatic heterocycles. The molecule has 1 saturated heterocycles. The number of aromatic amines is 2. The molecule has 0 bridgehead atoms. The van der Waals surface area contributed by atoms with E-state index in [0.717, 1.165) is 21.6 Å². The summed E-state index contributed by atoms with van der Waals surface area (Å²) < 4.78 is 56.4. The van der Waals surface area contributed by atoms with E-state index in [1.54, 1.807) is 21.6 Å². The molecule has 2 aromatic rings. The van der Waals surface area contributed by atoms with E-state index in [4.69, 9.17) is 13.7 Å². The summed E-state index contributed by atoms with van der Waals surface area (Å²) in [7, 11) is 3.71. The fourth-order valence-corrected chi connectivity index (χ4v) is 7.05. The quantitative estimate of drug-likeness (QED) is 0.0910. The third-order valence-corrected chi connectivity index (χ3v) is 10.8. The van der Waals surface area contributed by atoms with Crippen LogP contribution >= 0.6 is 43.5 Å². The first-order chi connectivity index (χ1) is 18.6. The van der Waals surface area contributed by atoms with Crippen LogP contribution in [0.2, 0.25) is 0 Å². The van der Waals surface area contributed by atoms with E-state index >= 15 is 0 Å².